The third kappa shape index (κ3) is 24.5. The van der Waals surface area contributed by atoms with E-state index < -0.39 is 24.4 Å². The molecule has 1 rings (SSSR count). The molecule has 0 aromatic carbocycles. The molecular formula is C38H72O5S2. The zero-order valence-corrected chi connectivity index (χ0v) is 31.1. The fourth-order valence-corrected chi connectivity index (χ4v) is 6.68. The van der Waals surface area contributed by atoms with E-state index in [1.165, 1.54) is 148 Å². The Bertz CT molecular complexity index is 691. The molecule has 1 fully saturated rings. The highest BCUT2D eigenvalue weighted by Crippen LogP contribution is 2.22. The van der Waals surface area contributed by atoms with E-state index in [0.29, 0.717) is 16.5 Å². The van der Waals surface area contributed by atoms with Crippen LogP contribution in [0.3, 0.4) is 0 Å². The van der Waals surface area contributed by atoms with Crippen molar-refractivity contribution in [2.24, 2.45) is 0 Å². The van der Waals surface area contributed by atoms with Crippen LogP contribution in [0, 0.1) is 0 Å². The maximum atomic E-state index is 10.5. The lowest BCUT2D eigenvalue weighted by molar-refractivity contribution is -0.0600. The van der Waals surface area contributed by atoms with Gasteiger partial charge >= 0.3 is 0 Å². The van der Waals surface area contributed by atoms with Gasteiger partial charge in [-0.1, -0.05) is 168 Å². The van der Waals surface area contributed by atoms with E-state index in [2.05, 4.69) is 13.8 Å². The minimum Gasteiger partial charge on any atom is -0.483 e. The summed E-state index contributed by atoms with van der Waals surface area (Å²) in [5, 5.41) is 21.6. The summed E-state index contributed by atoms with van der Waals surface area (Å²) in [5.41, 5.74) is 0. The molecule has 4 atom stereocenters. The highest BCUT2D eigenvalue weighted by molar-refractivity contribution is 7.80. The summed E-state index contributed by atoms with van der Waals surface area (Å²) in [6.45, 7) is 4.80. The first-order chi connectivity index (χ1) is 22.0. The quantitative estimate of drug-likeness (QED) is 0.0544. The standard InChI is InChI=1S/C38H72O5S2/c1-3-5-7-9-11-13-15-17-19-21-23-25-27-29-35(44)41-32-34(38-37(40)33(39)31-42-38)43-36(45)30-28-26-24-22-20-18-16-14-12-10-8-6-4-2/h33-34,37-40H,3-32H2,1-2H3/t33-,34+,37-,38-/m0/s1. The van der Waals surface area contributed by atoms with Crippen LogP contribution in [0.15, 0.2) is 0 Å². The second-order valence-corrected chi connectivity index (χ2v) is 14.5. The summed E-state index contributed by atoms with van der Waals surface area (Å²) in [6, 6.07) is 0. The van der Waals surface area contributed by atoms with Gasteiger partial charge in [-0.25, -0.2) is 0 Å². The van der Waals surface area contributed by atoms with E-state index >= 15 is 0 Å². The average molecular weight is 673 g/mol. The number of hydrogen-bond donors (Lipinski definition) is 2. The molecular weight excluding hydrogens is 601 g/mol. The summed E-state index contributed by atoms with van der Waals surface area (Å²) in [5.74, 6) is 0. The Labute approximate surface area is 289 Å². The van der Waals surface area contributed by atoms with Crippen molar-refractivity contribution in [1.29, 1.82) is 0 Å². The van der Waals surface area contributed by atoms with Gasteiger partial charge in [-0.05, 0) is 37.3 Å². The van der Waals surface area contributed by atoms with Gasteiger partial charge in [0.25, 0.3) is 0 Å². The molecule has 0 aromatic rings. The van der Waals surface area contributed by atoms with Crippen LogP contribution in [0.25, 0.3) is 0 Å². The van der Waals surface area contributed by atoms with Gasteiger partial charge in [0.1, 0.15) is 24.9 Å². The van der Waals surface area contributed by atoms with Crippen molar-refractivity contribution in [1.82, 2.24) is 0 Å². The zero-order valence-electron chi connectivity index (χ0n) is 29.5. The van der Waals surface area contributed by atoms with E-state index in [1.807, 2.05) is 0 Å². The molecule has 0 aliphatic carbocycles. The maximum absolute atomic E-state index is 10.5. The molecule has 0 unspecified atom stereocenters. The number of thiocarbonyl (C=S) groups is 2. The Kier molecular flexibility index (Phi) is 29.4. The van der Waals surface area contributed by atoms with E-state index in [-0.39, 0.29) is 13.2 Å². The number of unbranched alkanes of at least 4 members (excludes halogenated alkanes) is 24. The lowest BCUT2D eigenvalue weighted by Crippen LogP contribution is -2.43. The highest BCUT2D eigenvalue weighted by atomic mass is 32.1. The monoisotopic (exact) mass is 672 g/mol. The molecule has 5 nitrogen and oxygen atoms in total. The van der Waals surface area contributed by atoms with Gasteiger partial charge in [0.15, 0.2) is 16.2 Å². The van der Waals surface area contributed by atoms with Crippen molar-refractivity contribution in [3.8, 4) is 0 Å². The molecule has 7 heteroatoms. The molecule has 266 valence electrons. The summed E-state index contributed by atoms with van der Waals surface area (Å²) in [7, 11) is 0. The molecule has 0 bridgehead atoms. The number of aliphatic hydroxyl groups is 2. The molecule has 2 N–H and O–H groups in total. The topological polar surface area (TPSA) is 68.2 Å². The third-order valence-corrected chi connectivity index (χ3v) is 9.84. The van der Waals surface area contributed by atoms with Crippen LogP contribution in [0.5, 0.6) is 0 Å². The van der Waals surface area contributed by atoms with Crippen LogP contribution >= 0.6 is 24.4 Å². The lowest BCUT2D eigenvalue weighted by atomic mass is 10.0. The Morgan fingerprint density at radius 3 is 1.29 bits per heavy atom. The van der Waals surface area contributed by atoms with Crippen LogP contribution in [-0.2, 0) is 14.2 Å². The number of ether oxygens (including phenoxy) is 3. The van der Waals surface area contributed by atoms with Gasteiger partial charge in [-0.3, -0.25) is 0 Å². The largest absolute Gasteiger partial charge is 0.483 e. The zero-order chi connectivity index (χ0) is 32.8. The summed E-state index contributed by atoms with van der Waals surface area (Å²) in [6.07, 6.45) is 32.4. The number of hydrogen-bond acceptors (Lipinski definition) is 7. The molecule has 0 radical (unpaired) electrons. The minimum absolute atomic E-state index is 0.0840. The van der Waals surface area contributed by atoms with E-state index in [1.54, 1.807) is 0 Å². The Morgan fingerprint density at radius 2 is 0.933 bits per heavy atom. The predicted molar refractivity (Wildman–Crippen MR) is 198 cm³/mol. The predicted octanol–water partition coefficient (Wildman–Crippen LogP) is 11.1. The molecule has 45 heavy (non-hydrogen) atoms. The summed E-state index contributed by atoms with van der Waals surface area (Å²) in [4.78, 5) is 0. The lowest BCUT2D eigenvalue weighted by Gasteiger charge is -2.27. The Hall–Kier alpha value is -0.340. The van der Waals surface area contributed by atoms with E-state index in [4.69, 9.17) is 38.6 Å². The Morgan fingerprint density at radius 1 is 0.578 bits per heavy atom. The first-order valence-electron chi connectivity index (χ1n) is 19.3. The first-order valence-corrected chi connectivity index (χ1v) is 20.1. The number of aliphatic hydroxyl groups excluding tert-OH is 2. The smallest absolute Gasteiger partial charge is 0.162 e. The van der Waals surface area contributed by atoms with Crippen LogP contribution in [0.2, 0.25) is 0 Å². The molecule has 0 aromatic heterocycles. The molecule has 0 spiro atoms. The second-order valence-electron chi connectivity index (χ2n) is 13.6. The second kappa shape index (κ2) is 31.0. The van der Waals surface area contributed by atoms with Crippen LogP contribution < -0.4 is 0 Å². The molecule has 1 aliphatic rings. The number of rotatable bonds is 32. The third-order valence-electron chi connectivity index (χ3n) is 9.22. The molecule has 1 heterocycles. The van der Waals surface area contributed by atoms with Crippen molar-refractivity contribution in [3.63, 3.8) is 0 Å². The van der Waals surface area contributed by atoms with Crippen molar-refractivity contribution in [3.05, 3.63) is 0 Å². The molecule has 1 saturated heterocycles. The van der Waals surface area contributed by atoms with E-state index in [9.17, 15) is 10.2 Å². The summed E-state index contributed by atoms with van der Waals surface area (Å²) >= 11 is 11.1. The Balaban J connectivity index is 2.15. The van der Waals surface area contributed by atoms with E-state index in [0.717, 1.165) is 25.7 Å². The average Bonchev–Trinajstić information content (AvgIpc) is 3.37. The maximum Gasteiger partial charge on any atom is 0.162 e. The van der Waals surface area contributed by atoms with Gasteiger partial charge in [0, 0.05) is 12.8 Å². The molecule has 1 aliphatic heterocycles. The van der Waals surface area contributed by atoms with Gasteiger partial charge < -0.3 is 24.4 Å². The molecule has 0 saturated carbocycles. The summed E-state index contributed by atoms with van der Waals surface area (Å²) < 4.78 is 17.7. The molecule has 0 amide bonds. The van der Waals surface area contributed by atoms with Crippen LogP contribution in [0.4, 0.5) is 0 Å². The SMILES string of the molecule is CCCCCCCCCCCCCCCC(=S)OC[C@@H](OC(=S)CCCCCCCCCCCCCCC)[C@@H]1OC[C@H](O)[C@@H]1O. The van der Waals surface area contributed by atoms with Crippen molar-refractivity contribution in [2.75, 3.05) is 13.2 Å². The minimum atomic E-state index is -1.02. The van der Waals surface area contributed by atoms with Crippen LogP contribution in [-0.4, -0.2) is 57.9 Å². The van der Waals surface area contributed by atoms with Crippen LogP contribution in [0.1, 0.15) is 194 Å². The van der Waals surface area contributed by atoms with Crippen molar-refractivity contribution >= 4 is 34.5 Å². The van der Waals surface area contributed by atoms with Gasteiger partial charge in [0.2, 0.25) is 0 Å². The fourth-order valence-electron chi connectivity index (χ4n) is 6.20. The van der Waals surface area contributed by atoms with Crippen molar-refractivity contribution in [2.45, 2.75) is 218 Å². The highest BCUT2D eigenvalue weighted by Gasteiger charge is 2.41. The van der Waals surface area contributed by atoms with Gasteiger partial charge in [-0.2, -0.15) is 0 Å². The first kappa shape index (κ1) is 42.7. The van der Waals surface area contributed by atoms with Gasteiger partial charge in [-0.15, -0.1) is 0 Å². The normalized spacial score (nSPS) is 18.7. The van der Waals surface area contributed by atoms with Gasteiger partial charge in [0.05, 0.1) is 6.61 Å². The fraction of sp³-hybridized carbons (Fsp3) is 0.947. The van der Waals surface area contributed by atoms with Crippen molar-refractivity contribution < 1.29 is 24.4 Å².